The van der Waals surface area contributed by atoms with Crippen LogP contribution in [0.1, 0.15) is 12.5 Å². The average Bonchev–Trinajstić information content (AvgIpc) is 2.28. The number of aromatic nitrogens is 1. The molecule has 15 heavy (non-hydrogen) atoms. The number of nitriles is 1. The van der Waals surface area contributed by atoms with Gasteiger partial charge in [0.05, 0.1) is 0 Å². The molecule has 0 amide bonds. The van der Waals surface area contributed by atoms with E-state index >= 15 is 0 Å². The van der Waals surface area contributed by atoms with E-state index in [1.807, 2.05) is 31.2 Å². The van der Waals surface area contributed by atoms with E-state index in [4.69, 9.17) is 5.26 Å². The highest BCUT2D eigenvalue weighted by Crippen LogP contribution is 2.14. The molecule has 0 radical (unpaired) electrons. The number of rotatable bonds is 1. The summed E-state index contributed by atoms with van der Waals surface area (Å²) in [5.74, 6) is 0. The molecule has 2 aromatic rings. The number of fused-ring (bicyclic) bond motifs is 1. The zero-order valence-corrected chi connectivity index (χ0v) is 8.40. The minimum absolute atomic E-state index is 0.210. The van der Waals surface area contributed by atoms with Gasteiger partial charge < -0.3 is 4.57 Å². The Bertz CT molecular complexity index is 605. The van der Waals surface area contributed by atoms with Crippen LogP contribution in [0.5, 0.6) is 0 Å². The molecule has 0 atom stereocenters. The molecule has 0 aliphatic carbocycles. The van der Waals surface area contributed by atoms with E-state index in [1.54, 1.807) is 16.8 Å². The van der Waals surface area contributed by atoms with Crippen molar-refractivity contribution in [2.45, 2.75) is 13.5 Å². The van der Waals surface area contributed by atoms with E-state index < -0.39 is 0 Å². The monoisotopic (exact) mass is 198 g/mol. The highest BCUT2D eigenvalue weighted by Gasteiger charge is 2.07. The molecule has 74 valence electrons. The summed E-state index contributed by atoms with van der Waals surface area (Å²) in [5, 5.41) is 10.6. The molecule has 0 aliphatic heterocycles. The first kappa shape index (κ1) is 9.47. The van der Waals surface area contributed by atoms with Crippen LogP contribution in [0.25, 0.3) is 10.8 Å². The Hall–Kier alpha value is -2.08. The summed E-state index contributed by atoms with van der Waals surface area (Å²) in [7, 11) is 0. The fourth-order valence-electron chi connectivity index (χ4n) is 1.67. The van der Waals surface area contributed by atoms with Crippen LogP contribution in [0.15, 0.2) is 35.3 Å². The second kappa shape index (κ2) is 3.58. The lowest BCUT2D eigenvalue weighted by molar-refractivity contribution is 0.731. The van der Waals surface area contributed by atoms with Gasteiger partial charge in [-0.15, -0.1) is 0 Å². The van der Waals surface area contributed by atoms with Crippen LogP contribution < -0.4 is 5.56 Å². The summed E-state index contributed by atoms with van der Waals surface area (Å²) in [6.07, 6.45) is 1.79. The highest BCUT2D eigenvalue weighted by molar-refractivity contribution is 5.86. The number of pyridine rings is 1. The molecule has 0 unspecified atom stereocenters. The lowest BCUT2D eigenvalue weighted by Gasteiger charge is -2.05. The quantitative estimate of drug-likeness (QED) is 0.702. The maximum Gasteiger partial charge on any atom is 0.269 e. The van der Waals surface area contributed by atoms with Crippen molar-refractivity contribution in [3.8, 4) is 6.07 Å². The lowest BCUT2D eigenvalue weighted by Crippen LogP contribution is -2.21. The van der Waals surface area contributed by atoms with Crippen LogP contribution in [-0.4, -0.2) is 4.57 Å². The van der Waals surface area contributed by atoms with Gasteiger partial charge in [0, 0.05) is 18.1 Å². The Balaban J connectivity index is 2.98. The maximum atomic E-state index is 11.8. The normalized spacial score (nSPS) is 10.1. The van der Waals surface area contributed by atoms with Crippen molar-refractivity contribution in [2.75, 3.05) is 0 Å². The van der Waals surface area contributed by atoms with Gasteiger partial charge in [0.25, 0.3) is 5.56 Å². The summed E-state index contributed by atoms with van der Waals surface area (Å²) in [4.78, 5) is 11.8. The molecular weight excluding hydrogens is 188 g/mol. The van der Waals surface area contributed by atoms with E-state index in [0.717, 1.165) is 10.8 Å². The molecule has 0 spiro atoms. The highest BCUT2D eigenvalue weighted by atomic mass is 16.1. The third kappa shape index (κ3) is 1.40. The topological polar surface area (TPSA) is 45.8 Å². The molecule has 3 nitrogen and oxygen atoms in total. The lowest BCUT2D eigenvalue weighted by atomic mass is 10.1. The molecule has 0 N–H and O–H groups in total. The van der Waals surface area contributed by atoms with Crippen LogP contribution in [0.3, 0.4) is 0 Å². The van der Waals surface area contributed by atoms with Crippen LogP contribution in [0.4, 0.5) is 0 Å². The number of aryl methyl sites for hydroxylation is 1. The summed E-state index contributed by atoms with van der Waals surface area (Å²) in [5.41, 5.74) is 0.0219. The second-order valence-electron chi connectivity index (χ2n) is 3.29. The van der Waals surface area contributed by atoms with E-state index in [9.17, 15) is 4.79 Å². The van der Waals surface area contributed by atoms with Gasteiger partial charge in [-0.1, -0.05) is 24.3 Å². The molecule has 1 aromatic carbocycles. The van der Waals surface area contributed by atoms with Gasteiger partial charge in [0.1, 0.15) is 11.6 Å². The van der Waals surface area contributed by atoms with E-state index in [2.05, 4.69) is 0 Å². The first-order chi connectivity index (χ1) is 7.27. The Morgan fingerprint density at radius 3 is 2.80 bits per heavy atom. The second-order valence-corrected chi connectivity index (χ2v) is 3.29. The van der Waals surface area contributed by atoms with Gasteiger partial charge in [-0.3, -0.25) is 4.79 Å². The maximum absolute atomic E-state index is 11.8. The summed E-state index contributed by atoms with van der Waals surface area (Å²) >= 11 is 0. The van der Waals surface area contributed by atoms with Gasteiger partial charge in [0.15, 0.2) is 0 Å². The summed E-state index contributed by atoms with van der Waals surface area (Å²) in [6.45, 7) is 2.47. The molecule has 0 aliphatic rings. The fourth-order valence-corrected chi connectivity index (χ4v) is 1.67. The third-order valence-corrected chi connectivity index (χ3v) is 2.45. The number of hydrogen-bond donors (Lipinski definition) is 0. The van der Waals surface area contributed by atoms with Crippen molar-refractivity contribution in [1.82, 2.24) is 4.57 Å². The predicted octanol–water partition coefficient (Wildman–Crippen LogP) is 1.89. The molecule has 0 saturated carbocycles. The minimum Gasteiger partial charge on any atom is -0.314 e. The summed E-state index contributed by atoms with van der Waals surface area (Å²) < 4.78 is 1.56. The standard InChI is InChI=1S/C12H10N2O/c1-2-14-8-9-5-3-4-6-10(9)11(7-13)12(14)15/h3-6,8H,2H2,1H3. The van der Waals surface area contributed by atoms with Crippen molar-refractivity contribution in [3.05, 3.63) is 46.4 Å². The molecule has 1 aromatic heterocycles. The van der Waals surface area contributed by atoms with E-state index in [0.29, 0.717) is 6.54 Å². The first-order valence-corrected chi connectivity index (χ1v) is 4.80. The van der Waals surface area contributed by atoms with Crippen molar-refractivity contribution in [2.24, 2.45) is 0 Å². The van der Waals surface area contributed by atoms with Crippen molar-refractivity contribution in [1.29, 1.82) is 5.26 Å². The molecule has 1 heterocycles. The average molecular weight is 198 g/mol. The van der Waals surface area contributed by atoms with Crippen LogP contribution in [0.2, 0.25) is 0 Å². The van der Waals surface area contributed by atoms with Crippen LogP contribution >= 0.6 is 0 Å². The SMILES string of the molecule is CCn1cc2ccccc2c(C#N)c1=O. The zero-order chi connectivity index (χ0) is 10.8. The fraction of sp³-hybridized carbons (Fsp3) is 0.167. The first-order valence-electron chi connectivity index (χ1n) is 4.80. The van der Waals surface area contributed by atoms with Crippen molar-refractivity contribution in [3.63, 3.8) is 0 Å². The van der Waals surface area contributed by atoms with Gasteiger partial charge in [-0.05, 0) is 12.3 Å². The Kier molecular flexibility index (Phi) is 2.26. The Labute approximate surface area is 87.2 Å². The Morgan fingerprint density at radius 1 is 1.40 bits per heavy atom. The molecule has 2 rings (SSSR count). The zero-order valence-electron chi connectivity index (χ0n) is 8.40. The van der Waals surface area contributed by atoms with Crippen LogP contribution in [-0.2, 0) is 6.54 Å². The largest absolute Gasteiger partial charge is 0.314 e. The minimum atomic E-state index is -0.210. The predicted molar refractivity (Wildman–Crippen MR) is 58.6 cm³/mol. The molecule has 0 bridgehead atoms. The molecular formula is C12H10N2O. The van der Waals surface area contributed by atoms with Gasteiger partial charge in [0.2, 0.25) is 0 Å². The molecule has 3 heteroatoms. The van der Waals surface area contributed by atoms with Crippen LogP contribution in [0, 0.1) is 11.3 Å². The number of hydrogen-bond acceptors (Lipinski definition) is 2. The van der Waals surface area contributed by atoms with E-state index in [1.165, 1.54) is 0 Å². The molecule has 0 saturated heterocycles. The molecule has 0 fully saturated rings. The van der Waals surface area contributed by atoms with Crippen molar-refractivity contribution >= 4 is 10.8 Å². The third-order valence-electron chi connectivity index (χ3n) is 2.45. The van der Waals surface area contributed by atoms with Gasteiger partial charge in [-0.25, -0.2) is 0 Å². The smallest absolute Gasteiger partial charge is 0.269 e. The number of benzene rings is 1. The summed E-state index contributed by atoms with van der Waals surface area (Å²) in [6, 6.07) is 9.41. The van der Waals surface area contributed by atoms with Gasteiger partial charge >= 0.3 is 0 Å². The Morgan fingerprint density at radius 2 is 2.13 bits per heavy atom. The van der Waals surface area contributed by atoms with Crippen molar-refractivity contribution < 1.29 is 0 Å². The number of nitrogens with zero attached hydrogens (tertiary/aromatic N) is 2. The van der Waals surface area contributed by atoms with E-state index in [-0.39, 0.29) is 11.1 Å². The van der Waals surface area contributed by atoms with Gasteiger partial charge in [-0.2, -0.15) is 5.26 Å².